The van der Waals surface area contributed by atoms with Crippen LogP contribution in [-0.2, 0) is 16.4 Å². The fourth-order valence-electron chi connectivity index (χ4n) is 1.71. The van der Waals surface area contributed by atoms with Gasteiger partial charge in [-0.3, -0.25) is 0 Å². The Hall–Kier alpha value is -1.47. The first-order valence-electron chi connectivity index (χ1n) is 5.41. The average molecular weight is 273 g/mol. The minimum absolute atomic E-state index is 0.177. The van der Waals surface area contributed by atoms with Crippen LogP contribution in [-0.4, -0.2) is 35.1 Å². The molecule has 1 aromatic rings. The summed E-state index contributed by atoms with van der Waals surface area (Å²) in [6, 6.07) is 3.65. The van der Waals surface area contributed by atoms with Crippen LogP contribution in [0.5, 0.6) is 17.2 Å². The Kier molecular flexibility index (Phi) is 3.63. The predicted molar refractivity (Wildman–Crippen MR) is 65.7 cm³/mol. The second kappa shape index (κ2) is 5.03. The zero-order valence-corrected chi connectivity index (χ0v) is 11.0. The van der Waals surface area contributed by atoms with Crippen molar-refractivity contribution in [2.45, 2.75) is 6.42 Å². The minimum Gasteiger partial charge on any atom is -0.493 e. The van der Waals surface area contributed by atoms with E-state index >= 15 is 0 Å². The second-order valence-corrected chi connectivity index (χ2v) is 5.78. The molecule has 1 heterocycles. The lowest BCUT2D eigenvalue weighted by molar-refractivity contribution is 0.171. The molecule has 0 atom stereocenters. The van der Waals surface area contributed by atoms with Gasteiger partial charge in [0.2, 0.25) is 22.6 Å². The summed E-state index contributed by atoms with van der Waals surface area (Å²) in [5.74, 6) is 1.82. The van der Waals surface area contributed by atoms with E-state index < -0.39 is 10.0 Å². The highest BCUT2D eigenvalue weighted by atomic mass is 32.2. The van der Waals surface area contributed by atoms with E-state index in [1.54, 1.807) is 7.11 Å². The topological polar surface area (TPSA) is 73.9 Å². The Morgan fingerprint density at radius 1 is 1.39 bits per heavy atom. The molecule has 0 amide bonds. The normalized spacial score (nSPS) is 13.7. The molecule has 0 spiro atoms. The first-order valence-corrected chi connectivity index (χ1v) is 7.30. The van der Waals surface area contributed by atoms with Gasteiger partial charge < -0.3 is 14.2 Å². The highest BCUT2D eigenvalue weighted by Gasteiger charge is 2.19. The van der Waals surface area contributed by atoms with Crippen LogP contribution >= 0.6 is 0 Å². The highest BCUT2D eigenvalue weighted by molar-refractivity contribution is 7.88. The number of nitrogens with one attached hydrogen (secondary N) is 1. The molecule has 0 unspecified atom stereocenters. The monoisotopic (exact) mass is 273 g/mol. The van der Waals surface area contributed by atoms with Crippen LogP contribution in [0.15, 0.2) is 12.1 Å². The van der Waals surface area contributed by atoms with Gasteiger partial charge in [0.25, 0.3) is 0 Å². The predicted octanol–water partition coefficient (Wildman–Crippen LogP) is 0.516. The molecule has 18 heavy (non-hydrogen) atoms. The molecule has 1 N–H and O–H groups in total. The van der Waals surface area contributed by atoms with Gasteiger partial charge in [-0.25, -0.2) is 13.1 Å². The Morgan fingerprint density at radius 2 is 2.17 bits per heavy atom. The van der Waals surface area contributed by atoms with Crippen LogP contribution in [0, 0.1) is 0 Å². The van der Waals surface area contributed by atoms with Crippen molar-refractivity contribution >= 4 is 10.0 Å². The van der Waals surface area contributed by atoms with Crippen LogP contribution in [0.25, 0.3) is 0 Å². The number of rotatable bonds is 5. The SMILES string of the molecule is COc1cc(CCNS(C)(=O)=O)cc2c1OCO2. The van der Waals surface area contributed by atoms with E-state index in [0.717, 1.165) is 11.8 Å². The van der Waals surface area contributed by atoms with Gasteiger partial charge in [-0.2, -0.15) is 0 Å². The first-order chi connectivity index (χ1) is 8.49. The van der Waals surface area contributed by atoms with Crippen molar-refractivity contribution in [2.75, 3.05) is 26.7 Å². The molecule has 100 valence electrons. The maximum atomic E-state index is 11.0. The molecule has 0 radical (unpaired) electrons. The summed E-state index contributed by atoms with van der Waals surface area (Å²) in [7, 11) is -1.61. The summed E-state index contributed by atoms with van der Waals surface area (Å²) in [5.41, 5.74) is 0.923. The summed E-state index contributed by atoms with van der Waals surface area (Å²) in [6.07, 6.45) is 1.69. The van der Waals surface area contributed by atoms with E-state index in [2.05, 4.69) is 4.72 Å². The summed E-state index contributed by atoms with van der Waals surface area (Å²) in [5, 5.41) is 0. The lowest BCUT2D eigenvalue weighted by Crippen LogP contribution is -2.24. The number of benzene rings is 1. The first kappa shape index (κ1) is 13.0. The maximum absolute atomic E-state index is 11.0. The van der Waals surface area contributed by atoms with Gasteiger partial charge >= 0.3 is 0 Å². The van der Waals surface area contributed by atoms with Gasteiger partial charge in [0, 0.05) is 6.54 Å². The van der Waals surface area contributed by atoms with E-state index in [-0.39, 0.29) is 6.79 Å². The number of sulfonamides is 1. The zero-order chi connectivity index (χ0) is 13.2. The molecule has 1 aliphatic rings. The zero-order valence-electron chi connectivity index (χ0n) is 10.2. The largest absolute Gasteiger partial charge is 0.493 e. The summed E-state index contributed by atoms with van der Waals surface area (Å²) < 4.78 is 40.1. The van der Waals surface area contributed by atoms with E-state index in [1.807, 2.05) is 12.1 Å². The molecule has 0 bridgehead atoms. The lowest BCUT2D eigenvalue weighted by Gasteiger charge is -2.08. The lowest BCUT2D eigenvalue weighted by atomic mass is 10.1. The van der Waals surface area contributed by atoms with Gasteiger partial charge in [-0.05, 0) is 24.1 Å². The third-order valence-electron chi connectivity index (χ3n) is 2.50. The molecular formula is C11H15NO5S. The van der Waals surface area contributed by atoms with Gasteiger partial charge in [-0.15, -0.1) is 0 Å². The minimum atomic E-state index is -3.16. The van der Waals surface area contributed by atoms with E-state index in [1.165, 1.54) is 0 Å². The van der Waals surface area contributed by atoms with E-state index in [9.17, 15) is 8.42 Å². The fraction of sp³-hybridized carbons (Fsp3) is 0.455. The molecule has 7 heteroatoms. The second-order valence-electron chi connectivity index (χ2n) is 3.95. The van der Waals surface area contributed by atoms with E-state index in [0.29, 0.717) is 30.2 Å². The molecule has 0 saturated carbocycles. The Morgan fingerprint density at radius 3 is 2.83 bits per heavy atom. The fourth-order valence-corrected chi connectivity index (χ4v) is 2.18. The number of ether oxygens (including phenoxy) is 3. The molecule has 1 aromatic carbocycles. The highest BCUT2D eigenvalue weighted by Crippen LogP contribution is 2.41. The van der Waals surface area contributed by atoms with Crippen molar-refractivity contribution in [1.29, 1.82) is 0 Å². The van der Waals surface area contributed by atoms with Crippen LogP contribution < -0.4 is 18.9 Å². The summed E-state index contributed by atoms with van der Waals surface area (Å²) in [6.45, 7) is 0.512. The molecule has 2 rings (SSSR count). The maximum Gasteiger partial charge on any atom is 0.231 e. The Labute approximate surface area is 106 Å². The molecule has 0 saturated heterocycles. The summed E-state index contributed by atoms with van der Waals surface area (Å²) >= 11 is 0. The Bertz CT molecular complexity index is 541. The Balaban J connectivity index is 2.10. The van der Waals surface area contributed by atoms with Gasteiger partial charge in [0.05, 0.1) is 13.4 Å². The van der Waals surface area contributed by atoms with Crippen molar-refractivity contribution in [1.82, 2.24) is 4.72 Å². The molecule has 0 aliphatic carbocycles. The van der Waals surface area contributed by atoms with Crippen molar-refractivity contribution < 1.29 is 22.6 Å². The molecule has 0 aromatic heterocycles. The molecule has 0 fully saturated rings. The average Bonchev–Trinajstić information content (AvgIpc) is 2.74. The van der Waals surface area contributed by atoms with Crippen molar-refractivity contribution in [2.24, 2.45) is 0 Å². The number of hydrogen-bond donors (Lipinski definition) is 1. The van der Waals surface area contributed by atoms with Crippen LogP contribution in [0.1, 0.15) is 5.56 Å². The van der Waals surface area contributed by atoms with Crippen molar-refractivity contribution in [3.05, 3.63) is 17.7 Å². The van der Waals surface area contributed by atoms with Crippen molar-refractivity contribution in [3.63, 3.8) is 0 Å². The van der Waals surface area contributed by atoms with Gasteiger partial charge in [0.15, 0.2) is 11.5 Å². The number of methoxy groups -OCH3 is 1. The molecular weight excluding hydrogens is 258 g/mol. The van der Waals surface area contributed by atoms with Gasteiger partial charge in [-0.1, -0.05) is 0 Å². The van der Waals surface area contributed by atoms with Crippen LogP contribution in [0.2, 0.25) is 0 Å². The number of hydrogen-bond acceptors (Lipinski definition) is 5. The van der Waals surface area contributed by atoms with Crippen molar-refractivity contribution in [3.8, 4) is 17.2 Å². The molecule has 1 aliphatic heterocycles. The third kappa shape index (κ3) is 3.05. The number of fused-ring (bicyclic) bond motifs is 1. The molecule has 6 nitrogen and oxygen atoms in total. The van der Waals surface area contributed by atoms with Crippen LogP contribution in [0.4, 0.5) is 0 Å². The van der Waals surface area contributed by atoms with Crippen LogP contribution in [0.3, 0.4) is 0 Å². The summed E-state index contributed by atoms with van der Waals surface area (Å²) in [4.78, 5) is 0. The van der Waals surface area contributed by atoms with Gasteiger partial charge in [0.1, 0.15) is 0 Å². The van der Waals surface area contributed by atoms with E-state index in [4.69, 9.17) is 14.2 Å². The standard InChI is InChI=1S/C11H15NO5S/c1-15-9-5-8(3-4-12-18(2,13)14)6-10-11(9)17-7-16-10/h5-6,12H,3-4,7H2,1-2H3. The smallest absolute Gasteiger partial charge is 0.231 e. The quantitative estimate of drug-likeness (QED) is 0.846. The third-order valence-corrected chi connectivity index (χ3v) is 3.22.